The van der Waals surface area contributed by atoms with Crippen LogP contribution in [0.5, 0.6) is 5.75 Å². The topological polar surface area (TPSA) is 32.7 Å². The zero-order valence-corrected chi connectivity index (χ0v) is 12.1. The third kappa shape index (κ3) is 2.36. The number of benzene rings is 2. The highest BCUT2D eigenvalue weighted by molar-refractivity contribution is 5.74. The monoisotopic (exact) mass is 287 g/mol. The average Bonchev–Trinajstić information content (AvgIpc) is 2.89. The maximum atomic E-state index is 13.6. The van der Waals surface area contributed by atoms with Crippen LogP contribution in [-0.2, 0) is 6.42 Å². The molecule has 0 radical (unpaired) electrons. The molecule has 0 spiro atoms. The van der Waals surface area contributed by atoms with Crippen LogP contribution in [0.4, 0.5) is 15.8 Å². The minimum Gasteiger partial charge on any atom is -0.496 e. The van der Waals surface area contributed by atoms with E-state index in [-0.39, 0.29) is 5.82 Å². The van der Waals surface area contributed by atoms with Crippen LogP contribution in [0, 0.1) is 5.82 Å². The van der Waals surface area contributed by atoms with E-state index in [2.05, 4.69) is 0 Å². The van der Waals surface area contributed by atoms with E-state index in [0.717, 1.165) is 35.5 Å². The first-order valence-corrected chi connectivity index (χ1v) is 7.02. The van der Waals surface area contributed by atoms with Crippen molar-refractivity contribution < 1.29 is 14.2 Å². The molecule has 0 saturated carbocycles. The first-order valence-electron chi connectivity index (χ1n) is 7.02. The highest BCUT2D eigenvalue weighted by Gasteiger charge is 2.25. The Labute approximate surface area is 123 Å². The van der Waals surface area contributed by atoms with Crippen molar-refractivity contribution in [2.24, 2.45) is 0 Å². The molecule has 0 bridgehead atoms. The molecule has 0 amide bonds. The van der Waals surface area contributed by atoms with E-state index in [1.165, 1.54) is 6.07 Å². The van der Waals surface area contributed by atoms with Crippen molar-refractivity contribution in [3.05, 3.63) is 53.3 Å². The minimum absolute atomic E-state index is 0.248. The molecule has 2 aromatic rings. The number of aliphatic hydroxyl groups is 1. The summed E-state index contributed by atoms with van der Waals surface area (Å²) < 4.78 is 18.9. The summed E-state index contributed by atoms with van der Waals surface area (Å²) in [4.78, 5) is 2.04. The van der Waals surface area contributed by atoms with Crippen LogP contribution in [0.2, 0.25) is 0 Å². The second kappa shape index (κ2) is 5.37. The van der Waals surface area contributed by atoms with Gasteiger partial charge in [-0.25, -0.2) is 4.39 Å². The first-order chi connectivity index (χ1) is 10.1. The van der Waals surface area contributed by atoms with Crippen LogP contribution >= 0.6 is 0 Å². The Kier molecular flexibility index (Phi) is 3.55. The Hall–Kier alpha value is -2.07. The van der Waals surface area contributed by atoms with Gasteiger partial charge in [0.25, 0.3) is 0 Å². The highest BCUT2D eigenvalue weighted by Crippen LogP contribution is 2.41. The largest absolute Gasteiger partial charge is 0.496 e. The van der Waals surface area contributed by atoms with Crippen LogP contribution in [-0.4, -0.2) is 18.8 Å². The smallest absolute Gasteiger partial charge is 0.126 e. The SMILES string of the molecule is COc1cccc(N2CCc3ccc(F)cc32)c1[C@H](C)O. The van der Waals surface area contributed by atoms with Crippen LogP contribution in [0.25, 0.3) is 0 Å². The number of anilines is 2. The molecule has 0 saturated heterocycles. The van der Waals surface area contributed by atoms with Gasteiger partial charge in [-0.2, -0.15) is 0 Å². The number of hydrogen-bond donors (Lipinski definition) is 1. The number of rotatable bonds is 3. The summed E-state index contributed by atoms with van der Waals surface area (Å²) in [5.41, 5.74) is 3.59. The normalized spacial score (nSPS) is 15.0. The van der Waals surface area contributed by atoms with Gasteiger partial charge < -0.3 is 14.7 Å². The van der Waals surface area contributed by atoms with E-state index < -0.39 is 6.10 Å². The Morgan fingerprint density at radius 1 is 1.24 bits per heavy atom. The highest BCUT2D eigenvalue weighted by atomic mass is 19.1. The van der Waals surface area contributed by atoms with E-state index in [0.29, 0.717) is 5.75 Å². The third-order valence-corrected chi connectivity index (χ3v) is 3.91. The summed E-state index contributed by atoms with van der Waals surface area (Å²) in [5, 5.41) is 10.1. The zero-order chi connectivity index (χ0) is 15.0. The molecular formula is C17H18FNO2. The Bertz CT molecular complexity index is 670. The molecular weight excluding hydrogens is 269 g/mol. The van der Waals surface area contributed by atoms with Gasteiger partial charge >= 0.3 is 0 Å². The lowest BCUT2D eigenvalue weighted by Gasteiger charge is -2.25. The molecule has 1 aliphatic heterocycles. The van der Waals surface area contributed by atoms with Crippen LogP contribution in [0.15, 0.2) is 36.4 Å². The van der Waals surface area contributed by atoms with E-state index in [1.807, 2.05) is 29.2 Å². The van der Waals surface area contributed by atoms with Crippen molar-refractivity contribution >= 4 is 11.4 Å². The second-order valence-electron chi connectivity index (χ2n) is 5.24. The van der Waals surface area contributed by atoms with Gasteiger partial charge in [-0.05, 0) is 43.2 Å². The number of nitrogens with zero attached hydrogens (tertiary/aromatic N) is 1. The zero-order valence-electron chi connectivity index (χ0n) is 12.1. The number of ether oxygens (including phenoxy) is 1. The summed E-state index contributed by atoms with van der Waals surface area (Å²) >= 11 is 0. The van der Waals surface area contributed by atoms with Crippen molar-refractivity contribution in [3.63, 3.8) is 0 Å². The van der Waals surface area contributed by atoms with Crippen LogP contribution in [0.1, 0.15) is 24.2 Å². The molecule has 110 valence electrons. The van der Waals surface area contributed by atoms with E-state index in [4.69, 9.17) is 4.74 Å². The van der Waals surface area contributed by atoms with Gasteiger partial charge in [0.05, 0.1) is 18.9 Å². The summed E-state index contributed by atoms with van der Waals surface area (Å²) in [5.74, 6) is 0.398. The van der Waals surface area contributed by atoms with Crippen LogP contribution in [0.3, 0.4) is 0 Å². The molecule has 2 aromatic carbocycles. The molecule has 0 aliphatic carbocycles. The molecule has 0 fully saturated rings. The van der Waals surface area contributed by atoms with Gasteiger partial charge in [-0.15, -0.1) is 0 Å². The van der Waals surface area contributed by atoms with Crippen molar-refractivity contribution in [1.29, 1.82) is 0 Å². The number of halogens is 1. The Morgan fingerprint density at radius 2 is 2.05 bits per heavy atom. The summed E-state index contributed by atoms with van der Waals surface area (Å²) in [6.45, 7) is 2.48. The van der Waals surface area contributed by atoms with Gasteiger partial charge in [0.2, 0.25) is 0 Å². The minimum atomic E-state index is -0.659. The van der Waals surface area contributed by atoms with Gasteiger partial charge in [0, 0.05) is 17.8 Å². The maximum absolute atomic E-state index is 13.6. The maximum Gasteiger partial charge on any atom is 0.126 e. The molecule has 0 aromatic heterocycles. The molecule has 1 heterocycles. The summed E-state index contributed by atoms with van der Waals surface area (Å²) in [6.07, 6.45) is 0.209. The summed E-state index contributed by atoms with van der Waals surface area (Å²) in [7, 11) is 1.59. The lowest BCUT2D eigenvalue weighted by molar-refractivity contribution is 0.195. The fourth-order valence-electron chi connectivity index (χ4n) is 2.97. The molecule has 3 rings (SSSR count). The Balaban J connectivity index is 2.13. The van der Waals surface area contributed by atoms with Gasteiger partial charge in [-0.3, -0.25) is 0 Å². The van der Waals surface area contributed by atoms with Gasteiger partial charge in [-0.1, -0.05) is 12.1 Å². The van der Waals surface area contributed by atoms with Gasteiger partial charge in [0.15, 0.2) is 0 Å². The number of aliphatic hydroxyl groups excluding tert-OH is 1. The molecule has 1 atom stereocenters. The second-order valence-corrected chi connectivity index (χ2v) is 5.24. The molecule has 4 heteroatoms. The predicted molar refractivity (Wildman–Crippen MR) is 80.7 cm³/mol. The average molecular weight is 287 g/mol. The number of fused-ring (bicyclic) bond motifs is 1. The lowest BCUT2D eigenvalue weighted by Crippen LogP contribution is -2.16. The fraction of sp³-hybridized carbons (Fsp3) is 0.294. The third-order valence-electron chi connectivity index (χ3n) is 3.91. The molecule has 1 N–H and O–H groups in total. The molecule has 0 unspecified atom stereocenters. The van der Waals surface area contributed by atoms with E-state index >= 15 is 0 Å². The van der Waals surface area contributed by atoms with Crippen molar-refractivity contribution in [2.75, 3.05) is 18.6 Å². The van der Waals surface area contributed by atoms with Crippen molar-refractivity contribution in [3.8, 4) is 5.75 Å². The summed E-state index contributed by atoms with van der Waals surface area (Å²) in [6, 6.07) is 10.5. The standard InChI is InChI=1S/C17H18FNO2/c1-11(20)17-14(4-3-5-16(17)21-2)19-9-8-12-6-7-13(18)10-15(12)19/h3-7,10-11,20H,8-9H2,1-2H3/t11-/m0/s1. The Morgan fingerprint density at radius 3 is 2.76 bits per heavy atom. The predicted octanol–water partition coefficient (Wildman–Crippen LogP) is 3.58. The fourth-order valence-corrected chi connectivity index (χ4v) is 2.97. The number of methoxy groups -OCH3 is 1. The van der Waals surface area contributed by atoms with Crippen molar-refractivity contribution in [2.45, 2.75) is 19.4 Å². The molecule has 21 heavy (non-hydrogen) atoms. The van der Waals surface area contributed by atoms with Crippen LogP contribution < -0.4 is 9.64 Å². The number of hydrogen-bond acceptors (Lipinski definition) is 3. The quantitative estimate of drug-likeness (QED) is 0.936. The lowest BCUT2D eigenvalue weighted by atomic mass is 10.1. The first kappa shape index (κ1) is 13.9. The van der Waals surface area contributed by atoms with E-state index in [1.54, 1.807) is 20.1 Å². The van der Waals surface area contributed by atoms with Gasteiger partial charge in [0.1, 0.15) is 11.6 Å². The van der Waals surface area contributed by atoms with Crippen molar-refractivity contribution in [1.82, 2.24) is 0 Å². The van der Waals surface area contributed by atoms with E-state index in [9.17, 15) is 9.50 Å². The molecule has 1 aliphatic rings. The molecule has 3 nitrogen and oxygen atoms in total.